The molecule has 2 aliphatic rings. The van der Waals surface area contributed by atoms with E-state index in [0.717, 1.165) is 36.5 Å². The number of carbonyl (C=O) groups is 2. The summed E-state index contributed by atoms with van der Waals surface area (Å²) in [6.07, 6.45) is 8.84. The molecule has 2 aromatic rings. The molecule has 1 spiro atoms. The van der Waals surface area contributed by atoms with Crippen LogP contribution < -0.4 is 4.74 Å². The van der Waals surface area contributed by atoms with E-state index in [1.165, 1.54) is 4.90 Å². The van der Waals surface area contributed by atoms with Gasteiger partial charge in [0.25, 0.3) is 5.91 Å². The maximum absolute atomic E-state index is 13.3. The normalized spacial score (nSPS) is 19.0. The van der Waals surface area contributed by atoms with E-state index >= 15 is 0 Å². The van der Waals surface area contributed by atoms with Gasteiger partial charge in [0.2, 0.25) is 0 Å². The van der Waals surface area contributed by atoms with E-state index in [9.17, 15) is 9.59 Å². The molecule has 1 aromatic carbocycles. The van der Waals surface area contributed by atoms with Gasteiger partial charge in [-0.05, 0) is 30.5 Å². The molecule has 7 nitrogen and oxygen atoms in total. The lowest BCUT2D eigenvalue weighted by atomic mass is 9.86. The first-order chi connectivity index (χ1) is 15.0. The van der Waals surface area contributed by atoms with Crippen LogP contribution in [0.3, 0.4) is 0 Å². The van der Waals surface area contributed by atoms with Gasteiger partial charge in [-0.2, -0.15) is 0 Å². The molecule has 0 radical (unpaired) electrons. The van der Waals surface area contributed by atoms with Crippen LogP contribution in [0.5, 0.6) is 5.75 Å². The molecule has 7 heteroatoms. The molecule has 1 aromatic heterocycles. The minimum Gasteiger partial charge on any atom is -0.496 e. The lowest BCUT2D eigenvalue weighted by Crippen LogP contribution is -2.55. The van der Waals surface area contributed by atoms with Crippen LogP contribution in [-0.2, 0) is 11.3 Å². The quantitative estimate of drug-likeness (QED) is 0.672. The Bertz CT molecular complexity index is 968. The van der Waals surface area contributed by atoms with E-state index < -0.39 is 5.54 Å². The maximum atomic E-state index is 13.3. The summed E-state index contributed by atoms with van der Waals surface area (Å²) in [6, 6.07) is 11.4. The second-order valence-corrected chi connectivity index (χ2v) is 8.07. The Morgan fingerprint density at radius 3 is 2.61 bits per heavy atom. The predicted molar refractivity (Wildman–Crippen MR) is 118 cm³/mol. The molecule has 162 valence electrons. The van der Waals surface area contributed by atoms with E-state index in [1.54, 1.807) is 31.5 Å². The first-order valence-corrected chi connectivity index (χ1v) is 10.6. The Morgan fingerprint density at radius 2 is 1.90 bits per heavy atom. The maximum Gasteiger partial charge on any atom is 0.327 e. The summed E-state index contributed by atoms with van der Waals surface area (Å²) in [6.45, 7) is 2.59. The Hall–Kier alpha value is -3.19. The van der Waals surface area contributed by atoms with Gasteiger partial charge in [0.05, 0.1) is 13.7 Å². The first-order valence-electron chi connectivity index (χ1n) is 10.6. The molecule has 2 fully saturated rings. The third-order valence-electron chi connectivity index (χ3n) is 6.35. The SMILES string of the molecule is COc1ccccc1/C=C/CN1CCC2(CC1)C(=O)N(Cc1cccnc1)C(=O)N2C. The number of para-hydroxylation sites is 1. The average molecular weight is 421 g/mol. The highest BCUT2D eigenvalue weighted by Gasteiger charge is 2.56. The lowest BCUT2D eigenvalue weighted by molar-refractivity contribution is -0.135. The van der Waals surface area contributed by atoms with Gasteiger partial charge < -0.3 is 9.64 Å². The zero-order valence-electron chi connectivity index (χ0n) is 18.0. The number of piperidine rings is 1. The smallest absolute Gasteiger partial charge is 0.327 e. The summed E-state index contributed by atoms with van der Waals surface area (Å²) in [5, 5.41) is 0. The fourth-order valence-corrected chi connectivity index (χ4v) is 4.45. The van der Waals surface area contributed by atoms with Crippen molar-refractivity contribution in [2.24, 2.45) is 0 Å². The molecule has 2 saturated heterocycles. The molecule has 0 atom stereocenters. The van der Waals surface area contributed by atoms with Crippen molar-refractivity contribution in [2.75, 3.05) is 33.8 Å². The fraction of sp³-hybridized carbons (Fsp3) is 0.375. The van der Waals surface area contributed by atoms with Crippen LogP contribution in [-0.4, -0.2) is 71.0 Å². The molecule has 4 rings (SSSR count). The topological polar surface area (TPSA) is 66.0 Å². The van der Waals surface area contributed by atoms with Gasteiger partial charge in [-0.3, -0.25) is 19.6 Å². The van der Waals surface area contributed by atoms with Gasteiger partial charge in [-0.25, -0.2) is 4.79 Å². The number of urea groups is 1. The standard InChI is InChI=1S/C24H28N4O3/c1-26-23(30)28(18-19-7-5-13-25-17-19)22(29)24(26)11-15-27(16-12-24)14-6-9-20-8-3-4-10-21(20)31-2/h3-10,13,17H,11-12,14-16,18H2,1-2H3/b9-6+. The lowest BCUT2D eigenvalue weighted by Gasteiger charge is -2.40. The second kappa shape index (κ2) is 8.89. The van der Waals surface area contributed by atoms with Crippen molar-refractivity contribution in [3.63, 3.8) is 0 Å². The highest BCUT2D eigenvalue weighted by atomic mass is 16.5. The number of pyridine rings is 1. The van der Waals surface area contributed by atoms with E-state index in [1.807, 2.05) is 36.4 Å². The van der Waals surface area contributed by atoms with Crippen molar-refractivity contribution in [2.45, 2.75) is 24.9 Å². The molecule has 2 aliphatic heterocycles. The van der Waals surface area contributed by atoms with Crippen molar-refractivity contribution in [1.82, 2.24) is 19.7 Å². The van der Waals surface area contributed by atoms with Gasteiger partial charge in [-0.1, -0.05) is 36.4 Å². The number of carbonyl (C=O) groups excluding carboxylic acids is 2. The number of methoxy groups -OCH3 is 1. The first kappa shape index (κ1) is 21.1. The second-order valence-electron chi connectivity index (χ2n) is 8.07. The van der Waals surface area contributed by atoms with Gasteiger partial charge in [0.1, 0.15) is 11.3 Å². The average Bonchev–Trinajstić information content (AvgIpc) is 2.97. The number of likely N-dealkylation sites (tertiary alicyclic amines) is 1. The highest BCUT2D eigenvalue weighted by molar-refractivity contribution is 6.06. The molecular formula is C24H28N4O3. The number of ether oxygens (including phenoxy) is 1. The van der Waals surface area contributed by atoms with Crippen LogP contribution in [0.2, 0.25) is 0 Å². The van der Waals surface area contributed by atoms with Crippen molar-refractivity contribution in [3.8, 4) is 5.75 Å². The van der Waals surface area contributed by atoms with E-state index in [0.29, 0.717) is 12.8 Å². The summed E-state index contributed by atoms with van der Waals surface area (Å²) < 4.78 is 5.39. The zero-order chi connectivity index (χ0) is 21.8. The highest BCUT2D eigenvalue weighted by Crippen LogP contribution is 2.36. The third-order valence-corrected chi connectivity index (χ3v) is 6.35. The Kier molecular flexibility index (Phi) is 6.04. The number of amides is 3. The van der Waals surface area contributed by atoms with E-state index in [-0.39, 0.29) is 18.5 Å². The molecule has 3 amide bonds. The summed E-state index contributed by atoms with van der Waals surface area (Å²) in [5.41, 5.74) is 1.16. The van der Waals surface area contributed by atoms with Gasteiger partial charge in [0.15, 0.2) is 0 Å². The van der Waals surface area contributed by atoms with Gasteiger partial charge in [-0.15, -0.1) is 0 Å². The Balaban J connectivity index is 1.38. The summed E-state index contributed by atoms with van der Waals surface area (Å²) in [4.78, 5) is 35.5. The van der Waals surface area contributed by atoms with Crippen LogP contribution in [0.4, 0.5) is 4.79 Å². The van der Waals surface area contributed by atoms with Gasteiger partial charge in [0, 0.05) is 44.6 Å². The number of likely N-dealkylation sites (N-methyl/N-ethyl adjacent to an activating group) is 1. The Morgan fingerprint density at radius 1 is 1.13 bits per heavy atom. The molecule has 0 unspecified atom stereocenters. The van der Waals surface area contributed by atoms with Crippen molar-refractivity contribution < 1.29 is 14.3 Å². The molecular weight excluding hydrogens is 392 g/mol. The molecule has 0 aliphatic carbocycles. The molecule has 0 saturated carbocycles. The summed E-state index contributed by atoms with van der Waals surface area (Å²) in [5.74, 6) is 0.759. The number of rotatable bonds is 6. The predicted octanol–water partition coefficient (Wildman–Crippen LogP) is 3.03. The zero-order valence-corrected chi connectivity index (χ0v) is 18.0. The molecule has 0 bridgehead atoms. The summed E-state index contributed by atoms with van der Waals surface area (Å²) in [7, 11) is 3.42. The monoisotopic (exact) mass is 420 g/mol. The minimum absolute atomic E-state index is 0.0898. The number of nitrogens with zero attached hydrogens (tertiary/aromatic N) is 4. The number of aromatic nitrogens is 1. The van der Waals surface area contributed by atoms with Crippen LogP contribution in [0.25, 0.3) is 6.08 Å². The number of hydrogen-bond acceptors (Lipinski definition) is 5. The van der Waals surface area contributed by atoms with Crippen molar-refractivity contribution in [1.29, 1.82) is 0 Å². The van der Waals surface area contributed by atoms with Crippen LogP contribution in [0.1, 0.15) is 24.0 Å². The van der Waals surface area contributed by atoms with Crippen LogP contribution in [0.15, 0.2) is 54.9 Å². The Labute approximate surface area is 182 Å². The summed E-state index contributed by atoms with van der Waals surface area (Å²) >= 11 is 0. The number of hydrogen-bond donors (Lipinski definition) is 0. The number of benzene rings is 1. The van der Waals surface area contributed by atoms with E-state index in [2.05, 4.69) is 22.0 Å². The third kappa shape index (κ3) is 4.05. The minimum atomic E-state index is -0.734. The molecule has 3 heterocycles. The largest absolute Gasteiger partial charge is 0.496 e. The number of imide groups is 1. The van der Waals surface area contributed by atoms with E-state index in [4.69, 9.17) is 4.74 Å². The van der Waals surface area contributed by atoms with Gasteiger partial charge >= 0.3 is 6.03 Å². The fourth-order valence-electron chi connectivity index (χ4n) is 4.45. The molecule has 31 heavy (non-hydrogen) atoms. The van der Waals surface area contributed by atoms with Crippen LogP contribution >= 0.6 is 0 Å². The van der Waals surface area contributed by atoms with Crippen LogP contribution in [0, 0.1) is 0 Å². The van der Waals surface area contributed by atoms with Crippen molar-refractivity contribution >= 4 is 18.0 Å². The van der Waals surface area contributed by atoms with Crippen molar-refractivity contribution in [3.05, 3.63) is 66.0 Å². The molecule has 0 N–H and O–H groups in total.